The summed E-state index contributed by atoms with van der Waals surface area (Å²) in [7, 11) is 0. The molecule has 94 valence electrons. The molecule has 1 rings (SSSR count). The quantitative estimate of drug-likeness (QED) is 0.414. The number of hydrogen-bond donors (Lipinski definition) is 2. The maximum atomic E-state index is 5.76. The lowest BCUT2D eigenvalue weighted by atomic mass is 10.0. The molecule has 0 aliphatic heterocycles. The molecule has 16 heavy (non-hydrogen) atoms. The largest absolute Gasteiger partial charge is 0.370 e. The zero-order valence-corrected chi connectivity index (χ0v) is 10.8. The van der Waals surface area contributed by atoms with Gasteiger partial charge in [0.05, 0.1) is 0 Å². The van der Waals surface area contributed by atoms with Crippen molar-refractivity contribution in [1.29, 1.82) is 0 Å². The van der Waals surface area contributed by atoms with Crippen LogP contribution in [-0.2, 0) is 0 Å². The Morgan fingerprint density at radius 3 is 2.69 bits per heavy atom. The predicted octanol–water partition coefficient (Wildman–Crippen LogP) is 2.52. The Hall–Kier alpha value is -0.730. The molecule has 0 atom stereocenters. The van der Waals surface area contributed by atoms with E-state index in [9.17, 15) is 0 Å². The molecule has 1 fully saturated rings. The molecule has 1 saturated carbocycles. The smallest absolute Gasteiger partial charge is 0.188 e. The van der Waals surface area contributed by atoms with Crippen LogP contribution in [0.15, 0.2) is 4.99 Å². The Bertz CT molecular complexity index is 205. The van der Waals surface area contributed by atoms with Gasteiger partial charge in [-0.1, -0.05) is 39.5 Å². The van der Waals surface area contributed by atoms with Crippen LogP contribution in [0.4, 0.5) is 0 Å². The fourth-order valence-electron chi connectivity index (χ4n) is 2.24. The average molecular weight is 225 g/mol. The molecule has 1 aliphatic rings. The van der Waals surface area contributed by atoms with Gasteiger partial charge in [0.15, 0.2) is 5.96 Å². The Morgan fingerprint density at radius 1 is 1.38 bits per heavy atom. The first kappa shape index (κ1) is 13.3. The molecule has 0 saturated heterocycles. The van der Waals surface area contributed by atoms with Crippen LogP contribution in [0, 0.1) is 11.8 Å². The van der Waals surface area contributed by atoms with Crippen molar-refractivity contribution in [2.24, 2.45) is 22.6 Å². The fraction of sp³-hybridized carbons (Fsp3) is 0.923. The number of nitrogens with one attached hydrogen (secondary N) is 1. The molecule has 0 amide bonds. The molecule has 0 spiro atoms. The van der Waals surface area contributed by atoms with E-state index in [1.807, 2.05) is 0 Å². The molecule has 0 unspecified atom stereocenters. The highest BCUT2D eigenvalue weighted by Crippen LogP contribution is 2.28. The van der Waals surface area contributed by atoms with E-state index in [1.165, 1.54) is 38.5 Å². The van der Waals surface area contributed by atoms with Crippen molar-refractivity contribution < 1.29 is 0 Å². The number of nitrogens with zero attached hydrogens (tertiary/aromatic N) is 1. The molecule has 0 aromatic heterocycles. The summed E-state index contributed by atoms with van der Waals surface area (Å²) in [6.45, 7) is 6.10. The third kappa shape index (κ3) is 5.99. The highest BCUT2D eigenvalue weighted by Gasteiger charge is 2.13. The van der Waals surface area contributed by atoms with E-state index in [4.69, 9.17) is 5.73 Å². The molecule has 1 aliphatic carbocycles. The van der Waals surface area contributed by atoms with E-state index in [0.29, 0.717) is 11.9 Å². The summed E-state index contributed by atoms with van der Waals surface area (Å²) in [6.07, 6.45) is 8.34. The van der Waals surface area contributed by atoms with Crippen molar-refractivity contribution >= 4 is 5.96 Å². The molecule has 0 aromatic rings. The summed E-state index contributed by atoms with van der Waals surface area (Å²) < 4.78 is 0. The summed E-state index contributed by atoms with van der Waals surface area (Å²) >= 11 is 0. The molecule has 0 heterocycles. The molecule has 3 heteroatoms. The van der Waals surface area contributed by atoms with Gasteiger partial charge in [0.25, 0.3) is 0 Å². The van der Waals surface area contributed by atoms with Crippen molar-refractivity contribution in [1.82, 2.24) is 5.32 Å². The van der Waals surface area contributed by atoms with Gasteiger partial charge in [-0.2, -0.15) is 0 Å². The van der Waals surface area contributed by atoms with Crippen LogP contribution in [0.3, 0.4) is 0 Å². The van der Waals surface area contributed by atoms with Gasteiger partial charge in [0.1, 0.15) is 0 Å². The Balaban J connectivity index is 1.99. The summed E-state index contributed by atoms with van der Waals surface area (Å²) in [6, 6.07) is 0. The predicted molar refractivity (Wildman–Crippen MR) is 70.5 cm³/mol. The minimum atomic E-state index is 0.582. The first-order valence-electron chi connectivity index (χ1n) is 6.72. The van der Waals surface area contributed by atoms with Gasteiger partial charge < -0.3 is 11.1 Å². The second-order valence-electron chi connectivity index (χ2n) is 5.34. The fourth-order valence-corrected chi connectivity index (χ4v) is 2.24. The monoisotopic (exact) mass is 225 g/mol. The Morgan fingerprint density at radius 2 is 2.06 bits per heavy atom. The van der Waals surface area contributed by atoms with Crippen LogP contribution in [0.1, 0.15) is 52.4 Å². The third-order valence-electron chi connectivity index (χ3n) is 3.20. The van der Waals surface area contributed by atoms with Gasteiger partial charge in [-0.05, 0) is 24.7 Å². The van der Waals surface area contributed by atoms with Crippen LogP contribution in [0.5, 0.6) is 0 Å². The lowest BCUT2D eigenvalue weighted by Gasteiger charge is -2.09. The second-order valence-corrected chi connectivity index (χ2v) is 5.34. The highest BCUT2D eigenvalue weighted by atomic mass is 15.1. The normalized spacial score (nSPS) is 18.3. The van der Waals surface area contributed by atoms with Crippen LogP contribution in [-0.4, -0.2) is 19.0 Å². The van der Waals surface area contributed by atoms with Crippen molar-refractivity contribution in [3.05, 3.63) is 0 Å². The van der Waals surface area contributed by atoms with Crippen LogP contribution < -0.4 is 11.1 Å². The van der Waals surface area contributed by atoms with Gasteiger partial charge in [0, 0.05) is 13.1 Å². The zero-order valence-electron chi connectivity index (χ0n) is 10.8. The minimum absolute atomic E-state index is 0.582. The van der Waals surface area contributed by atoms with E-state index in [2.05, 4.69) is 24.2 Å². The van der Waals surface area contributed by atoms with Gasteiger partial charge >= 0.3 is 0 Å². The molecule has 3 nitrogen and oxygen atoms in total. The molecule has 0 bridgehead atoms. The maximum absolute atomic E-state index is 5.76. The van der Waals surface area contributed by atoms with Crippen LogP contribution in [0.2, 0.25) is 0 Å². The van der Waals surface area contributed by atoms with Gasteiger partial charge in [0.2, 0.25) is 0 Å². The summed E-state index contributed by atoms with van der Waals surface area (Å²) in [5, 5.41) is 3.19. The van der Waals surface area contributed by atoms with E-state index >= 15 is 0 Å². The minimum Gasteiger partial charge on any atom is -0.370 e. The summed E-state index contributed by atoms with van der Waals surface area (Å²) in [4.78, 5) is 4.28. The zero-order chi connectivity index (χ0) is 11.8. The first-order chi connectivity index (χ1) is 7.68. The van der Waals surface area contributed by atoms with Gasteiger partial charge in [-0.3, -0.25) is 4.99 Å². The standard InChI is InChI=1S/C13H27N3/c1-11(2)10-16-13(14)15-9-5-8-12-6-3-4-7-12/h11-12H,3-10H2,1-2H3,(H3,14,15,16). The van der Waals surface area contributed by atoms with Crippen molar-refractivity contribution in [2.45, 2.75) is 52.4 Å². The number of aliphatic imine (C=N–C) groups is 1. The number of hydrogen-bond acceptors (Lipinski definition) is 1. The average Bonchev–Trinajstić information content (AvgIpc) is 2.74. The summed E-state index contributed by atoms with van der Waals surface area (Å²) in [5.41, 5.74) is 5.76. The number of guanidine groups is 1. The molecule has 0 aromatic carbocycles. The Kier molecular flexibility index (Phi) is 6.27. The van der Waals surface area contributed by atoms with E-state index in [1.54, 1.807) is 0 Å². The van der Waals surface area contributed by atoms with Crippen LogP contribution in [0.25, 0.3) is 0 Å². The maximum Gasteiger partial charge on any atom is 0.188 e. The van der Waals surface area contributed by atoms with Crippen molar-refractivity contribution in [3.8, 4) is 0 Å². The van der Waals surface area contributed by atoms with Crippen molar-refractivity contribution in [2.75, 3.05) is 13.1 Å². The lowest BCUT2D eigenvalue weighted by Crippen LogP contribution is -2.33. The highest BCUT2D eigenvalue weighted by molar-refractivity contribution is 5.77. The molecule has 0 radical (unpaired) electrons. The lowest BCUT2D eigenvalue weighted by molar-refractivity contribution is 0.482. The molecular formula is C13H27N3. The van der Waals surface area contributed by atoms with Crippen LogP contribution >= 0.6 is 0 Å². The van der Waals surface area contributed by atoms with Gasteiger partial charge in [-0.25, -0.2) is 0 Å². The number of nitrogens with two attached hydrogens (primary N) is 1. The topological polar surface area (TPSA) is 50.4 Å². The second kappa shape index (κ2) is 7.53. The molecular weight excluding hydrogens is 198 g/mol. The van der Waals surface area contributed by atoms with Crippen molar-refractivity contribution in [3.63, 3.8) is 0 Å². The van der Waals surface area contributed by atoms with Gasteiger partial charge in [-0.15, -0.1) is 0 Å². The van der Waals surface area contributed by atoms with E-state index in [-0.39, 0.29) is 0 Å². The SMILES string of the molecule is CC(C)CN=C(N)NCCCC1CCCC1. The third-order valence-corrected chi connectivity index (χ3v) is 3.20. The molecule has 3 N–H and O–H groups in total. The Labute approximate surface area is 99.9 Å². The van der Waals surface area contributed by atoms with E-state index < -0.39 is 0 Å². The summed E-state index contributed by atoms with van der Waals surface area (Å²) in [5.74, 6) is 2.18. The first-order valence-corrected chi connectivity index (χ1v) is 6.72. The van der Waals surface area contributed by atoms with E-state index in [0.717, 1.165) is 19.0 Å². The number of rotatable bonds is 6.